The summed E-state index contributed by atoms with van der Waals surface area (Å²) < 4.78 is 11.0. The number of aromatic nitrogens is 1. The monoisotopic (exact) mass is 277 g/mol. The molecule has 1 N–H and O–H groups in total. The average molecular weight is 277 g/mol. The van der Waals surface area contributed by atoms with E-state index in [1.165, 1.54) is 24.1 Å². The summed E-state index contributed by atoms with van der Waals surface area (Å²) in [5.41, 5.74) is 2.50. The minimum absolute atomic E-state index is 0.129. The fourth-order valence-electron chi connectivity index (χ4n) is 2.78. The second-order valence-electron chi connectivity index (χ2n) is 5.61. The predicted molar refractivity (Wildman–Crippen MR) is 77.9 cm³/mol. The van der Waals surface area contributed by atoms with Crippen molar-refractivity contribution < 1.29 is 9.47 Å². The summed E-state index contributed by atoms with van der Waals surface area (Å²) in [7, 11) is 3.50. The van der Waals surface area contributed by atoms with Crippen LogP contribution in [-0.2, 0) is 16.0 Å². The molecule has 1 aliphatic heterocycles. The third-order valence-corrected chi connectivity index (χ3v) is 4.21. The highest BCUT2D eigenvalue weighted by Gasteiger charge is 2.34. The smallest absolute Gasteiger partial charge is 0.102 e. The van der Waals surface area contributed by atoms with Gasteiger partial charge in [0.25, 0.3) is 0 Å². The van der Waals surface area contributed by atoms with E-state index in [2.05, 4.69) is 21.3 Å². The lowest BCUT2D eigenvalue weighted by Crippen LogP contribution is -2.27. The van der Waals surface area contributed by atoms with E-state index in [-0.39, 0.29) is 12.2 Å². The molecule has 0 spiro atoms. The van der Waals surface area contributed by atoms with Crippen LogP contribution >= 0.6 is 0 Å². The standard InChI is InChI=1S/C15H23N3O2/c1-19-14-9-18(10-15(14)20-2)13-8-16-6-5-11(13)7-17-12-3-4-12/h5-6,8,12,14-15,17H,3-4,7,9-10H2,1-2H3. The van der Waals surface area contributed by atoms with Crippen LogP contribution in [0, 0.1) is 0 Å². The molecular weight excluding hydrogens is 254 g/mol. The van der Waals surface area contributed by atoms with Gasteiger partial charge in [-0.1, -0.05) is 0 Å². The molecule has 110 valence electrons. The SMILES string of the molecule is COC1CN(c2cnccc2CNC2CC2)CC1OC. The van der Waals surface area contributed by atoms with Gasteiger partial charge in [-0.25, -0.2) is 0 Å². The van der Waals surface area contributed by atoms with Crippen molar-refractivity contribution in [2.75, 3.05) is 32.2 Å². The van der Waals surface area contributed by atoms with E-state index in [0.717, 1.165) is 19.6 Å². The average Bonchev–Trinajstić information content (AvgIpc) is 3.23. The molecule has 0 amide bonds. The van der Waals surface area contributed by atoms with Crippen molar-refractivity contribution in [3.63, 3.8) is 0 Å². The Labute approximate surface area is 120 Å². The van der Waals surface area contributed by atoms with Crippen LogP contribution in [0.5, 0.6) is 0 Å². The molecule has 20 heavy (non-hydrogen) atoms. The van der Waals surface area contributed by atoms with Crippen molar-refractivity contribution >= 4 is 5.69 Å². The molecule has 3 rings (SSSR count). The lowest BCUT2D eigenvalue weighted by atomic mass is 10.2. The van der Waals surface area contributed by atoms with Crippen LogP contribution < -0.4 is 10.2 Å². The quantitative estimate of drug-likeness (QED) is 0.846. The van der Waals surface area contributed by atoms with E-state index < -0.39 is 0 Å². The van der Waals surface area contributed by atoms with Crippen molar-refractivity contribution in [2.24, 2.45) is 0 Å². The van der Waals surface area contributed by atoms with Crippen LogP contribution in [0.2, 0.25) is 0 Å². The van der Waals surface area contributed by atoms with E-state index in [1.54, 1.807) is 14.2 Å². The lowest BCUT2D eigenvalue weighted by Gasteiger charge is -2.21. The summed E-state index contributed by atoms with van der Waals surface area (Å²) in [4.78, 5) is 6.60. The van der Waals surface area contributed by atoms with Crippen molar-refractivity contribution in [2.45, 2.75) is 37.6 Å². The summed E-state index contributed by atoms with van der Waals surface area (Å²) in [6.45, 7) is 2.63. The Balaban J connectivity index is 1.72. The van der Waals surface area contributed by atoms with Crippen LogP contribution in [0.3, 0.4) is 0 Å². The van der Waals surface area contributed by atoms with Gasteiger partial charge in [-0.05, 0) is 24.5 Å². The highest BCUT2D eigenvalue weighted by molar-refractivity contribution is 5.53. The molecule has 2 fully saturated rings. The molecule has 1 saturated carbocycles. The number of pyridine rings is 1. The number of nitrogens with one attached hydrogen (secondary N) is 1. The Morgan fingerprint density at radius 2 is 1.95 bits per heavy atom. The number of hydrogen-bond acceptors (Lipinski definition) is 5. The number of rotatable bonds is 6. The summed E-state index contributed by atoms with van der Waals surface area (Å²) in [6.07, 6.45) is 6.69. The maximum absolute atomic E-state index is 5.51. The first kappa shape index (κ1) is 13.8. The van der Waals surface area contributed by atoms with Crippen molar-refractivity contribution in [1.29, 1.82) is 0 Å². The summed E-state index contributed by atoms with van der Waals surface area (Å²) in [5.74, 6) is 0. The molecule has 0 aromatic carbocycles. The zero-order chi connectivity index (χ0) is 13.9. The van der Waals surface area contributed by atoms with Crippen LogP contribution in [0.4, 0.5) is 5.69 Å². The van der Waals surface area contributed by atoms with Gasteiger partial charge < -0.3 is 19.7 Å². The number of ether oxygens (including phenoxy) is 2. The van der Waals surface area contributed by atoms with Crippen molar-refractivity contribution in [3.8, 4) is 0 Å². The minimum atomic E-state index is 0.129. The Morgan fingerprint density at radius 3 is 2.55 bits per heavy atom. The number of hydrogen-bond donors (Lipinski definition) is 1. The molecule has 2 heterocycles. The maximum Gasteiger partial charge on any atom is 0.102 e. The molecule has 0 radical (unpaired) electrons. The van der Waals surface area contributed by atoms with Crippen LogP contribution in [-0.4, -0.2) is 50.5 Å². The topological polar surface area (TPSA) is 46.6 Å². The largest absolute Gasteiger partial charge is 0.377 e. The summed E-state index contributed by atoms with van der Waals surface area (Å²) >= 11 is 0. The first-order chi connectivity index (χ1) is 9.81. The Kier molecular flexibility index (Phi) is 4.19. The van der Waals surface area contributed by atoms with E-state index in [4.69, 9.17) is 9.47 Å². The Bertz CT molecular complexity index is 438. The minimum Gasteiger partial charge on any atom is -0.377 e. The fraction of sp³-hybridized carbons (Fsp3) is 0.667. The van der Waals surface area contributed by atoms with Gasteiger partial charge in [-0.2, -0.15) is 0 Å². The molecule has 2 aliphatic rings. The van der Waals surface area contributed by atoms with Gasteiger partial charge >= 0.3 is 0 Å². The molecule has 1 saturated heterocycles. The Morgan fingerprint density at radius 1 is 1.25 bits per heavy atom. The second-order valence-corrected chi connectivity index (χ2v) is 5.61. The van der Waals surface area contributed by atoms with Gasteiger partial charge in [-0.3, -0.25) is 4.98 Å². The molecular formula is C15H23N3O2. The van der Waals surface area contributed by atoms with Gasteiger partial charge in [0.1, 0.15) is 12.2 Å². The summed E-state index contributed by atoms with van der Waals surface area (Å²) in [5, 5.41) is 3.57. The number of nitrogens with zero attached hydrogens (tertiary/aromatic N) is 2. The molecule has 0 bridgehead atoms. The number of anilines is 1. The van der Waals surface area contributed by atoms with Gasteiger partial charge in [0, 0.05) is 46.1 Å². The Hall–Kier alpha value is -1.17. The molecule has 1 aliphatic carbocycles. The van der Waals surface area contributed by atoms with E-state index >= 15 is 0 Å². The fourth-order valence-corrected chi connectivity index (χ4v) is 2.78. The molecule has 1 aromatic heterocycles. The maximum atomic E-state index is 5.51. The molecule has 1 aromatic rings. The third kappa shape index (κ3) is 2.95. The first-order valence-electron chi connectivity index (χ1n) is 7.28. The van der Waals surface area contributed by atoms with Crippen LogP contribution in [0.1, 0.15) is 18.4 Å². The van der Waals surface area contributed by atoms with Crippen molar-refractivity contribution in [3.05, 3.63) is 24.0 Å². The summed E-state index contributed by atoms with van der Waals surface area (Å²) in [6, 6.07) is 2.82. The molecule has 2 unspecified atom stereocenters. The predicted octanol–water partition coefficient (Wildman–Crippen LogP) is 1.18. The van der Waals surface area contributed by atoms with Gasteiger partial charge in [-0.15, -0.1) is 0 Å². The zero-order valence-corrected chi connectivity index (χ0v) is 12.2. The van der Waals surface area contributed by atoms with E-state index in [0.29, 0.717) is 6.04 Å². The molecule has 5 nitrogen and oxygen atoms in total. The van der Waals surface area contributed by atoms with E-state index in [9.17, 15) is 0 Å². The first-order valence-corrected chi connectivity index (χ1v) is 7.28. The second kappa shape index (κ2) is 6.08. The van der Waals surface area contributed by atoms with Gasteiger partial charge in [0.2, 0.25) is 0 Å². The van der Waals surface area contributed by atoms with Gasteiger partial charge in [0.15, 0.2) is 0 Å². The zero-order valence-electron chi connectivity index (χ0n) is 12.2. The highest BCUT2D eigenvalue weighted by Crippen LogP contribution is 2.27. The molecule has 5 heteroatoms. The highest BCUT2D eigenvalue weighted by atomic mass is 16.5. The van der Waals surface area contributed by atoms with Crippen LogP contribution in [0.15, 0.2) is 18.5 Å². The normalized spacial score (nSPS) is 26.2. The van der Waals surface area contributed by atoms with Gasteiger partial charge in [0.05, 0.1) is 11.9 Å². The lowest BCUT2D eigenvalue weighted by molar-refractivity contribution is -0.00461. The third-order valence-electron chi connectivity index (χ3n) is 4.21. The van der Waals surface area contributed by atoms with E-state index in [1.807, 2.05) is 12.4 Å². The molecule has 2 atom stereocenters. The van der Waals surface area contributed by atoms with Crippen molar-refractivity contribution in [1.82, 2.24) is 10.3 Å². The van der Waals surface area contributed by atoms with Crippen LogP contribution in [0.25, 0.3) is 0 Å². The number of methoxy groups -OCH3 is 2.